The Morgan fingerprint density at radius 2 is 0.797 bits per heavy atom. The van der Waals surface area contributed by atoms with Crippen LogP contribution in [0.4, 0.5) is 0 Å². The zero-order valence-corrected chi connectivity index (χ0v) is 35.4. The lowest BCUT2D eigenvalue weighted by Crippen LogP contribution is -2.13. The Kier molecular flexibility index (Phi) is 8.21. The molecule has 12 aromatic rings. The lowest BCUT2D eigenvalue weighted by Gasteiger charge is -2.26. The number of aryl methyl sites for hydroxylation is 3. The summed E-state index contributed by atoms with van der Waals surface area (Å²) in [4.78, 5) is 6.12. The van der Waals surface area contributed by atoms with E-state index >= 15 is 0 Å². The summed E-state index contributed by atoms with van der Waals surface area (Å²) in [5, 5.41) is 27.7. The van der Waals surface area contributed by atoms with Crippen LogP contribution in [0.3, 0.4) is 0 Å². The maximum absolute atomic E-state index is 10.7. The minimum absolute atomic E-state index is 0.308. The van der Waals surface area contributed by atoms with Crippen LogP contribution in [-0.4, -0.2) is 18.7 Å². The first-order valence-corrected chi connectivity index (χ1v) is 21.5. The third-order valence-electron chi connectivity index (χ3n) is 12.9. The van der Waals surface area contributed by atoms with Crippen molar-refractivity contribution in [3.05, 3.63) is 204 Å². The number of para-hydroxylation sites is 3. The van der Waals surface area contributed by atoms with Gasteiger partial charge in [-0.25, -0.2) is 4.98 Å². The van der Waals surface area contributed by atoms with Crippen molar-refractivity contribution in [1.29, 1.82) is 10.5 Å². The third kappa shape index (κ3) is 5.40. The van der Waals surface area contributed by atoms with Gasteiger partial charge >= 0.3 is 0 Å². The molecule has 4 heterocycles. The average Bonchev–Trinajstić information content (AvgIpc) is 3.95. The number of fused-ring (bicyclic) bond motifs is 9. The van der Waals surface area contributed by atoms with Crippen LogP contribution < -0.4 is 0 Å². The molecular weight excluding hydrogens is 781 g/mol. The van der Waals surface area contributed by atoms with Crippen LogP contribution in [0.5, 0.6) is 0 Å². The van der Waals surface area contributed by atoms with Crippen LogP contribution in [0.25, 0.3) is 105 Å². The Labute approximate surface area is 369 Å². The van der Waals surface area contributed by atoms with Crippen molar-refractivity contribution in [3.8, 4) is 51.7 Å². The van der Waals surface area contributed by atoms with E-state index in [0.717, 1.165) is 105 Å². The SMILES string of the molecule is Cc1ccc2c(c1)c1ccccc1n2-c1nc(-n2c3ccccc3c3cc(C)ccc32)c(-n2c3ccccc3c3cc(C)ccc32)c(-c2ccc(C#N)c(C#N)c2)c1-c1ccccc1. The van der Waals surface area contributed by atoms with E-state index in [9.17, 15) is 10.5 Å². The van der Waals surface area contributed by atoms with Crippen molar-refractivity contribution in [2.75, 3.05) is 0 Å². The van der Waals surface area contributed by atoms with Gasteiger partial charge in [-0.3, -0.25) is 9.13 Å². The lowest BCUT2D eigenvalue weighted by atomic mass is 9.91. The molecule has 0 aliphatic carbocycles. The van der Waals surface area contributed by atoms with E-state index in [2.05, 4.69) is 198 Å². The molecule has 300 valence electrons. The Bertz CT molecular complexity index is 4020. The van der Waals surface area contributed by atoms with E-state index in [0.29, 0.717) is 11.1 Å². The van der Waals surface area contributed by atoms with Crippen LogP contribution in [0.15, 0.2) is 176 Å². The fourth-order valence-electron chi connectivity index (χ4n) is 10.1. The van der Waals surface area contributed by atoms with Gasteiger partial charge in [0.2, 0.25) is 0 Å². The number of hydrogen-bond acceptors (Lipinski definition) is 3. The second kappa shape index (κ2) is 14.2. The molecule has 6 nitrogen and oxygen atoms in total. The fourth-order valence-corrected chi connectivity index (χ4v) is 10.1. The summed E-state index contributed by atoms with van der Waals surface area (Å²) in [6.07, 6.45) is 0. The zero-order valence-electron chi connectivity index (χ0n) is 35.4. The van der Waals surface area contributed by atoms with Gasteiger partial charge in [0.25, 0.3) is 0 Å². The molecule has 0 aliphatic rings. The third-order valence-corrected chi connectivity index (χ3v) is 12.9. The zero-order chi connectivity index (χ0) is 43.2. The summed E-state index contributed by atoms with van der Waals surface area (Å²) in [5.41, 5.74) is 14.7. The normalized spacial score (nSPS) is 11.6. The van der Waals surface area contributed by atoms with Gasteiger partial charge in [0.15, 0.2) is 5.82 Å². The van der Waals surface area contributed by atoms with Crippen molar-refractivity contribution in [3.63, 3.8) is 0 Å². The molecule has 0 fully saturated rings. The van der Waals surface area contributed by atoms with Gasteiger partial charge in [0.1, 0.15) is 18.0 Å². The number of nitrogens with zero attached hydrogens (tertiary/aromatic N) is 6. The minimum atomic E-state index is 0.308. The fraction of sp³-hybridized carbons (Fsp3) is 0.0517. The Morgan fingerprint density at radius 1 is 0.359 bits per heavy atom. The van der Waals surface area contributed by atoms with Gasteiger partial charge in [-0.1, -0.05) is 126 Å². The summed E-state index contributed by atoms with van der Waals surface area (Å²) in [5.74, 6) is 1.47. The number of hydrogen-bond donors (Lipinski definition) is 0. The van der Waals surface area contributed by atoms with E-state index < -0.39 is 0 Å². The van der Waals surface area contributed by atoms with Crippen molar-refractivity contribution in [2.45, 2.75) is 20.8 Å². The predicted molar refractivity (Wildman–Crippen MR) is 262 cm³/mol. The standard InChI is InChI=1S/C58H38N6/c1-35-21-26-51-45(29-35)42-15-7-10-18-48(42)62(51)56-54(39-24-25-40(33-59)41(32-39)34-60)55(38-13-5-4-6-14-38)57(63-49-19-11-8-16-43(49)46-30-36(2)22-27-52(46)63)61-58(56)64-50-20-12-9-17-44(50)47-31-37(3)23-28-53(47)64/h4-32H,1-3H3. The van der Waals surface area contributed by atoms with Gasteiger partial charge < -0.3 is 4.57 Å². The smallest absolute Gasteiger partial charge is 0.165 e. The summed E-state index contributed by atoms with van der Waals surface area (Å²) in [6.45, 7) is 6.42. The predicted octanol–water partition coefficient (Wildman–Crippen LogP) is 14.4. The van der Waals surface area contributed by atoms with E-state index in [-0.39, 0.29) is 0 Å². The van der Waals surface area contributed by atoms with Gasteiger partial charge in [0, 0.05) is 43.4 Å². The topological polar surface area (TPSA) is 75.3 Å². The van der Waals surface area contributed by atoms with Crippen LogP contribution in [0.2, 0.25) is 0 Å². The molecule has 0 saturated heterocycles. The van der Waals surface area contributed by atoms with Crippen molar-refractivity contribution in [2.24, 2.45) is 0 Å². The molecule has 0 aliphatic heterocycles. The number of nitriles is 2. The molecule has 0 unspecified atom stereocenters. The van der Waals surface area contributed by atoms with Crippen LogP contribution >= 0.6 is 0 Å². The van der Waals surface area contributed by atoms with E-state index in [1.165, 1.54) is 16.7 Å². The molecule has 0 atom stereocenters. The quantitative estimate of drug-likeness (QED) is 0.174. The van der Waals surface area contributed by atoms with E-state index in [1.807, 2.05) is 18.2 Å². The molecule has 6 heteroatoms. The Hall–Kier alpha value is -8.71. The molecule has 0 radical (unpaired) electrons. The highest BCUT2D eigenvalue weighted by molar-refractivity contribution is 6.14. The molecular formula is C58H38N6. The van der Waals surface area contributed by atoms with Crippen molar-refractivity contribution in [1.82, 2.24) is 18.7 Å². The summed E-state index contributed by atoms with van der Waals surface area (Å²) in [7, 11) is 0. The molecule has 8 aromatic carbocycles. The van der Waals surface area contributed by atoms with Gasteiger partial charge in [-0.15, -0.1) is 0 Å². The first-order valence-electron chi connectivity index (χ1n) is 21.5. The highest BCUT2D eigenvalue weighted by Crippen LogP contribution is 2.49. The summed E-state index contributed by atoms with van der Waals surface area (Å²) < 4.78 is 7.04. The molecule has 0 amide bonds. The molecule has 0 N–H and O–H groups in total. The van der Waals surface area contributed by atoms with Crippen LogP contribution in [0.1, 0.15) is 27.8 Å². The lowest BCUT2D eigenvalue weighted by molar-refractivity contribution is 0.986. The Balaban J connectivity index is 1.41. The van der Waals surface area contributed by atoms with Gasteiger partial charge in [0.05, 0.1) is 49.9 Å². The highest BCUT2D eigenvalue weighted by Gasteiger charge is 2.31. The average molecular weight is 819 g/mol. The second-order valence-electron chi connectivity index (χ2n) is 16.8. The number of benzene rings is 8. The Morgan fingerprint density at radius 3 is 1.31 bits per heavy atom. The van der Waals surface area contributed by atoms with E-state index in [1.54, 1.807) is 6.07 Å². The van der Waals surface area contributed by atoms with Crippen LogP contribution in [-0.2, 0) is 0 Å². The summed E-state index contributed by atoms with van der Waals surface area (Å²) >= 11 is 0. The highest BCUT2D eigenvalue weighted by atomic mass is 15.2. The maximum atomic E-state index is 10.7. The molecule has 0 spiro atoms. The second-order valence-corrected chi connectivity index (χ2v) is 16.8. The van der Waals surface area contributed by atoms with Gasteiger partial charge in [-0.05, 0) is 98.6 Å². The number of pyridine rings is 1. The first kappa shape index (κ1) is 37.1. The molecule has 0 bridgehead atoms. The van der Waals surface area contributed by atoms with E-state index in [4.69, 9.17) is 4.98 Å². The maximum Gasteiger partial charge on any atom is 0.165 e. The van der Waals surface area contributed by atoms with Crippen molar-refractivity contribution < 1.29 is 0 Å². The molecule has 0 saturated carbocycles. The monoisotopic (exact) mass is 818 g/mol. The number of aromatic nitrogens is 4. The largest absolute Gasteiger partial charge is 0.305 e. The van der Waals surface area contributed by atoms with Crippen molar-refractivity contribution >= 4 is 65.4 Å². The molecule has 12 rings (SSSR count). The van der Waals surface area contributed by atoms with Gasteiger partial charge in [-0.2, -0.15) is 10.5 Å². The first-order chi connectivity index (χ1) is 31.4. The minimum Gasteiger partial charge on any atom is -0.305 e. The van der Waals surface area contributed by atoms with Crippen LogP contribution in [0, 0.1) is 43.4 Å². The summed E-state index contributed by atoms with van der Waals surface area (Å²) in [6, 6.07) is 66.6. The molecule has 64 heavy (non-hydrogen) atoms. The molecule has 4 aromatic heterocycles. The number of rotatable bonds is 5.